The van der Waals surface area contributed by atoms with Crippen LogP contribution in [-0.4, -0.2) is 43.0 Å². The van der Waals surface area contributed by atoms with Crippen molar-refractivity contribution in [2.75, 3.05) is 31.6 Å². The molecule has 0 saturated carbocycles. The number of halogens is 1. The Morgan fingerprint density at radius 2 is 1.78 bits per heavy atom. The highest BCUT2D eigenvalue weighted by Crippen LogP contribution is 2.39. The van der Waals surface area contributed by atoms with Crippen molar-refractivity contribution in [3.05, 3.63) is 50.9 Å². The van der Waals surface area contributed by atoms with Crippen LogP contribution in [-0.2, 0) is 17.6 Å². The lowest BCUT2D eigenvalue weighted by Gasteiger charge is -2.27. The third-order valence-corrected chi connectivity index (χ3v) is 6.48. The number of fused-ring (bicyclic) bond motifs is 1. The first-order chi connectivity index (χ1) is 13.1. The van der Waals surface area contributed by atoms with Crippen molar-refractivity contribution < 1.29 is 14.3 Å². The summed E-state index contributed by atoms with van der Waals surface area (Å²) in [5.41, 5.74) is 2.32. The van der Waals surface area contributed by atoms with Gasteiger partial charge in [0.15, 0.2) is 0 Å². The normalized spacial score (nSPS) is 16.7. The maximum atomic E-state index is 13.2. The minimum absolute atomic E-state index is 0.00380. The monoisotopic (exact) mass is 404 g/mol. The summed E-state index contributed by atoms with van der Waals surface area (Å²) >= 11 is 7.45. The number of carbonyl (C=O) groups excluding carboxylic acids is 2. The summed E-state index contributed by atoms with van der Waals surface area (Å²) in [6.07, 6.45) is 4.08. The largest absolute Gasteiger partial charge is 0.378 e. The second kappa shape index (κ2) is 8.00. The van der Waals surface area contributed by atoms with Crippen LogP contribution >= 0.6 is 22.9 Å². The Balaban J connectivity index is 1.65. The van der Waals surface area contributed by atoms with Crippen LogP contribution in [0.3, 0.4) is 0 Å². The molecule has 1 aromatic heterocycles. The molecule has 5 nitrogen and oxygen atoms in total. The lowest BCUT2D eigenvalue weighted by atomic mass is 9.95. The van der Waals surface area contributed by atoms with E-state index >= 15 is 0 Å². The second-order valence-electron chi connectivity index (χ2n) is 6.78. The Labute approximate surface area is 167 Å². The zero-order chi connectivity index (χ0) is 18.8. The smallest absolute Gasteiger partial charge is 0.257 e. The van der Waals surface area contributed by atoms with Gasteiger partial charge in [0, 0.05) is 28.6 Å². The number of hydrogen-bond acceptors (Lipinski definition) is 4. The number of nitrogens with zero attached hydrogens (tertiary/aromatic N) is 1. The van der Waals surface area contributed by atoms with Gasteiger partial charge in [-0.25, -0.2) is 0 Å². The van der Waals surface area contributed by atoms with E-state index in [4.69, 9.17) is 16.3 Å². The molecule has 0 radical (unpaired) electrons. The quantitative estimate of drug-likeness (QED) is 0.840. The number of ether oxygens (including phenoxy) is 1. The summed E-state index contributed by atoms with van der Waals surface area (Å²) in [7, 11) is 0. The lowest BCUT2D eigenvalue weighted by Crippen LogP contribution is -2.41. The minimum Gasteiger partial charge on any atom is -0.378 e. The van der Waals surface area contributed by atoms with Crippen molar-refractivity contribution in [2.24, 2.45) is 0 Å². The van der Waals surface area contributed by atoms with Crippen LogP contribution in [0.4, 0.5) is 5.00 Å². The maximum Gasteiger partial charge on any atom is 0.257 e. The van der Waals surface area contributed by atoms with Gasteiger partial charge in [0.2, 0.25) is 0 Å². The SMILES string of the molecule is O=C(Nc1sc2c(c1C(=O)N1CCOCC1)CCCC2)c1ccc(Cl)cc1. The molecule has 2 aromatic rings. The van der Waals surface area contributed by atoms with Gasteiger partial charge >= 0.3 is 0 Å². The Bertz CT molecular complexity index is 857. The van der Waals surface area contributed by atoms with E-state index in [9.17, 15) is 9.59 Å². The maximum absolute atomic E-state index is 13.2. The predicted octanol–water partition coefficient (Wildman–Crippen LogP) is 4.01. The summed E-state index contributed by atoms with van der Waals surface area (Å²) in [5.74, 6) is -0.217. The second-order valence-corrected chi connectivity index (χ2v) is 8.32. The number of benzene rings is 1. The number of amides is 2. The molecular weight excluding hydrogens is 384 g/mol. The van der Waals surface area contributed by atoms with Crippen molar-refractivity contribution in [3.63, 3.8) is 0 Å². The summed E-state index contributed by atoms with van der Waals surface area (Å²) in [5, 5.41) is 4.23. The van der Waals surface area contributed by atoms with E-state index in [1.54, 1.807) is 35.6 Å². The summed E-state index contributed by atoms with van der Waals surface area (Å²) in [6.45, 7) is 2.30. The third kappa shape index (κ3) is 3.88. The van der Waals surface area contributed by atoms with Gasteiger partial charge in [-0.15, -0.1) is 11.3 Å². The number of aryl methyl sites for hydroxylation is 1. The number of morpholine rings is 1. The summed E-state index contributed by atoms with van der Waals surface area (Å²) in [6, 6.07) is 6.76. The molecule has 0 atom stereocenters. The number of thiophene rings is 1. The average Bonchev–Trinajstić information content (AvgIpc) is 3.06. The number of carbonyl (C=O) groups is 2. The van der Waals surface area contributed by atoms with Crippen molar-refractivity contribution >= 4 is 39.8 Å². The third-order valence-electron chi connectivity index (χ3n) is 5.02. The molecule has 0 unspecified atom stereocenters. The standard InChI is InChI=1S/C20H21ClN2O3S/c21-14-7-5-13(6-8-14)18(24)22-19-17(15-3-1-2-4-16(15)27-19)20(25)23-9-11-26-12-10-23/h5-8H,1-4,9-12H2,(H,22,24). The van der Waals surface area contributed by atoms with Gasteiger partial charge in [0.1, 0.15) is 5.00 Å². The number of hydrogen-bond donors (Lipinski definition) is 1. The molecule has 0 spiro atoms. The van der Waals surface area contributed by atoms with Crippen molar-refractivity contribution in [3.8, 4) is 0 Å². The van der Waals surface area contributed by atoms with Crippen LogP contribution in [0.25, 0.3) is 0 Å². The lowest BCUT2D eigenvalue weighted by molar-refractivity contribution is 0.0303. The molecule has 1 aliphatic heterocycles. The molecule has 4 rings (SSSR count). The minimum atomic E-state index is -0.221. The Morgan fingerprint density at radius 3 is 2.52 bits per heavy atom. The first-order valence-electron chi connectivity index (χ1n) is 9.22. The van der Waals surface area contributed by atoms with Crippen molar-refractivity contribution in [1.82, 2.24) is 4.90 Å². The van der Waals surface area contributed by atoms with Gasteiger partial charge in [0.25, 0.3) is 11.8 Å². The van der Waals surface area contributed by atoms with E-state index in [0.717, 1.165) is 31.2 Å². The number of anilines is 1. The van der Waals surface area contributed by atoms with Crippen molar-refractivity contribution in [2.45, 2.75) is 25.7 Å². The molecule has 2 amide bonds. The Kier molecular flexibility index (Phi) is 5.48. The van der Waals surface area contributed by atoms with E-state index in [0.29, 0.717) is 47.5 Å². The van der Waals surface area contributed by atoms with Crippen LogP contribution in [0.15, 0.2) is 24.3 Å². The van der Waals surface area contributed by atoms with Gasteiger partial charge in [-0.05, 0) is 55.5 Å². The molecule has 1 saturated heterocycles. The van der Waals surface area contributed by atoms with E-state index in [1.165, 1.54) is 4.88 Å². The van der Waals surface area contributed by atoms with Crippen LogP contribution in [0.2, 0.25) is 5.02 Å². The molecule has 0 bridgehead atoms. The van der Waals surface area contributed by atoms with E-state index in [-0.39, 0.29) is 11.8 Å². The van der Waals surface area contributed by atoms with Gasteiger partial charge in [0.05, 0.1) is 18.8 Å². The van der Waals surface area contributed by atoms with Crippen molar-refractivity contribution in [1.29, 1.82) is 0 Å². The fraction of sp³-hybridized carbons (Fsp3) is 0.400. The Morgan fingerprint density at radius 1 is 1.07 bits per heavy atom. The van der Waals surface area contributed by atoms with Crippen LogP contribution in [0.5, 0.6) is 0 Å². The van der Waals surface area contributed by atoms with Gasteiger partial charge in [-0.2, -0.15) is 0 Å². The van der Waals surface area contributed by atoms with Gasteiger partial charge < -0.3 is 15.0 Å². The molecule has 2 heterocycles. The molecule has 1 N–H and O–H groups in total. The van der Waals surface area contributed by atoms with E-state index in [1.807, 2.05) is 4.90 Å². The fourth-order valence-corrected chi connectivity index (χ4v) is 4.98. The highest BCUT2D eigenvalue weighted by atomic mass is 35.5. The van der Waals surface area contributed by atoms with Crippen LogP contribution in [0, 0.1) is 0 Å². The van der Waals surface area contributed by atoms with E-state index < -0.39 is 0 Å². The zero-order valence-electron chi connectivity index (χ0n) is 14.9. The Hall–Kier alpha value is -1.89. The highest BCUT2D eigenvalue weighted by molar-refractivity contribution is 7.17. The number of rotatable bonds is 3. The molecule has 142 valence electrons. The molecule has 2 aliphatic rings. The molecule has 1 aromatic carbocycles. The fourth-order valence-electron chi connectivity index (χ4n) is 3.58. The number of nitrogens with one attached hydrogen (secondary N) is 1. The highest BCUT2D eigenvalue weighted by Gasteiger charge is 2.30. The molecule has 1 fully saturated rings. The molecule has 7 heteroatoms. The molecule has 27 heavy (non-hydrogen) atoms. The topological polar surface area (TPSA) is 58.6 Å². The zero-order valence-corrected chi connectivity index (χ0v) is 16.5. The van der Waals surface area contributed by atoms with Crippen LogP contribution < -0.4 is 5.32 Å². The first-order valence-corrected chi connectivity index (χ1v) is 10.4. The first kappa shape index (κ1) is 18.5. The average molecular weight is 405 g/mol. The van der Waals surface area contributed by atoms with Crippen LogP contribution in [0.1, 0.15) is 44.0 Å². The molecule has 1 aliphatic carbocycles. The van der Waals surface area contributed by atoms with Gasteiger partial charge in [-0.3, -0.25) is 9.59 Å². The summed E-state index contributed by atoms with van der Waals surface area (Å²) in [4.78, 5) is 29.0. The predicted molar refractivity (Wildman–Crippen MR) is 107 cm³/mol. The van der Waals surface area contributed by atoms with E-state index in [2.05, 4.69) is 5.32 Å². The summed E-state index contributed by atoms with van der Waals surface area (Å²) < 4.78 is 5.37. The van der Waals surface area contributed by atoms with Gasteiger partial charge in [-0.1, -0.05) is 11.6 Å². The molecular formula is C20H21ClN2O3S.